The minimum atomic E-state index is -3.57. The largest absolute Gasteiger partial charge is 0.341 e. The van der Waals surface area contributed by atoms with Gasteiger partial charge in [-0.1, -0.05) is 48.5 Å². The maximum Gasteiger partial charge on any atom is 0.247 e. The first-order chi connectivity index (χ1) is 15.0. The lowest BCUT2D eigenvalue weighted by Crippen LogP contribution is -2.48. The Kier molecular flexibility index (Phi) is 6.38. The summed E-state index contributed by atoms with van der Waals surface area (Å²) in [4.78, 5) is 15.3. The smallest absolute Gasteiger partial charge is 0.247 e. The number of piperidine rings is 1. The highest BCUT2D eigenvalue weighted by Crippen LogP contribution is 2.21. The molecule has 1 aromatic heterocycles. The molecular formula is C21H24N6O3S. The molecular weight excluding hydrogens is 416 g/mol. The van der Waals surface area contributed by atoms with Gasteiger partial charge in [0.25, 0.3) is 0 Å². The minimum Gasteiger partial charge on any atom is -0.341 e. The number of aromatic nitrogens is 4. The van der Waals surface area contributed by atoms with Gasteiger partial charge in [-0.15, -0.1) is 5.10 Å². The van der Waals surface area contributed by atoms with E-state index >= 15 is 0 Å². The molecule has 1 saturated heterocycles. The average Bonchev–Trinajstić information content (AvgIpc) is 3.33. The first kappa shape index (κ1) is 21.1. The summed E-state index contributed by atoms with van der Waals surface area (Å²) in [5.74, 6) is -0.0690. The molecule has 0 bridgehead atoms. The van der Waals surface area contributed by atoms with Crippen LogP contribution in [0.3, 0.4) is 0 Å². The van der Waals surface area contributed by atoms with Gasteiger partial charge in [0.15, 0.2) is 0 Å². The van der Waals surface area contributed by atoms with Gasteiger partial charge >= 0.3 is 0 Å². The van der Waals surface area contributed by atoms with Crippen LogP contribution in [0.4, 0.5) is 0 Å². The molecule has 2 heterocycles. The van der Waals surface area contributed by atoms with E-state index in [4.69, 9.17) is 0 Å². The number of nitrogens with one attached hydrogen (secondary N) is 1. The van der Waals surface area contributed by atoms with Crippen LogP contribution in [0.25, 0.3) is 0 Å². The molecule has 1 aliphatic rings. The quantitative estimate of drug-likeness (QED) is 0.595. The van der Waals surface area contributed by atoms with Gasteiger partial charge in [0, 0.05) is 25.6 Å². The molecule has 0 unspecified atom stereocenters. The third kappa shape index (κ3) is 5.15. The van der Waals surface area contributed by atoms with Crippen LogP contribution >= 0.6 is 0 Å². The summed E-state index contributed by atoms with van der Waals surface area (Å²) in [5, 5.41) is 11.3. The van der Waals surface area contributed by atoms with Crippen LogP contribution in [-0.2, 0) is 21.2 Å². The van der Waals surface area contributed by atoms with Crippen LogP contribution in [0.15, 0.2) is 71.9 Å². The summed E-state index contributed by atoms with van der Waals surface area (Å²) in [6.07, 6.45) is 3.02. The van der Waals surface area contributed by atoms with Crippen molar-refractivity contribution in [2.45, 2.75) is 36.2 Å². The van der Waals surface area contributed by atoms with Crippen LogP contribution in [0, 0.1) is 0 Å². The second kappa shape index (κ2) is 9.36. The summed E-state index contributed by atoms with van der Waals surface area (Å²) in [6, 6.07) is 17.3. The summed E-state index contributed by atoms with van der Waals surface area (Å²) >= 11 is 0. The van der Waals surface area contributed by atoms with Gasteiger partial charge in [0.1, 0.15) is 12.4 Å². The maximum atomic E-state index is 13.3. The van der Waals surface area contributed by atoms with Gasteiger partial charge in [-0.25, -0.2) is 17.8 Å². The Labute approximate surface area is 181 Å². The topological polar surface area (TPSA) is 110 Å². The molecule has 4 rings (SSSR count). The lowest BCUT2D eigenvalue weighted by atomic mass is 10.0. The Morgan fingerprint density at radius 2 is 1.68 bits per heavy atom. The van der Waals surface area contributed by atoms with Crippen molar-refractivity contribution in [2.75, 3.05) is 13.1 Å². The Morgan fingerprint density at radius 3 is 2.29 bits per heavy atom. The molecule has 0 saturated carbocycles. The number of nitrogens with zero attached hydrogens (tertiary/aromatic N) is 5. The van der Waals surface area contributed by atoms with Gasteiger partial charge in [0.05, 0.1) is 4.90 Å². The molecule has 3 aromatic rings. The van der Waals surface area contributed by atoms with Crippen molar-refractivity contribution in [3.8, 4) is 0 Å². The van der Waals surface area contributed by atoms with Crippen LogP contribution in [0.2, 0.25) is 0 Å². The third-order valence-electron chi connectivity index (χ3n) is 5.42. The van der Waals surface area contributed by atoms with E-state index in [0.29, 0.717) is 32.4 Å². The standard InChI is InChI=1S/C21H24N6O3S/c28-21(20(27-16-22-24-25-27)15-17-7-3-1-4-8-17)26-13-11-18(12-14-26)23-31(29,30)19-9-5-2-6-10-19/h1-10,16,18,20,23H,11-15H2/t20-/m1/s1. The van der Waals surface area contributed by atoms with Crippen molar-refractivity contribution in [3.63, 3.8) is 0 Å². The Bertz CT molecular complexity index is 1080. The van der Waals surface area contributed by atoms with Gasteiger partial charge in [-0.3, -0.25) is 4.79 Å². The SMILES string of the molecule is O=C([C@@H](Cc1ccccc1)n1cnnn1)N1CCC(NS(=O)(=O)c2ccccc2)CC1. The molecule has 1 amide bonds. The number of amides is 1. The minimum absolute atomic E-state index is 0.0690. The fraction of sp³-hybridized carbons (Fsp3) is 0.333. The maximum absolute atomic E-state index is 13.3. The normalized spacial score (nSPS) is 16.2. The molecule has 31 heavy (non-hydrogen) atoms. The highest BCUT2D eigenvalue weighted by atomic mass is 32.2. The fourth-order valence-electron chi connectivity index (χ4n) is 3.76. The molecule has 9 nitrogen and oxygen atoms in total. The molecule has 1 N–H and O–H groups in total. The number of sulfonamides is 1. The van der Waals surface area contributed by atoms with Gasteiger partial charge in [0.2, 0.25) is 15.9 Å². The average molecular weight is 441 g/mol. The van der Waals surface area contributed by atoms with Crippen molar-refractivity contribution in [2.24, 2.45) is 0 Å². The number of hydrogen-bond acceptors (Lipinski definition) is 6. The molecule has 0 radical (unpaired) electrons. The lowest BCUT2D eigenvalue weighted by molar-refractivity contribution is -0.136. The number of benzene rings is 2. The van der Waals surface area contributed by atoms with Crippen LogP contribution in [-0.4, -0.2) is 58.6 Å². The Morgan fingerprint density at radius 1 is 1.03 bits per heavy atom. The van der Waals surface area contributed by atoms with Crippen LogP contribution in [0.5, 0.6) is 0 Å². The Balaban J connectivity index is 1.40. The predicted molar refractivity (Wildman–Crippen MR) is 113 cm³/mol. The van der Waals surface area contributed by atoms with E-state index in [1.165, 1.54) is 11.0 Å². The highest BCUT2D eigenvalue weighted by Gasteiger charge is 2.31. The second-order valence-electron chi connectivity index (χ2n) is 7.53. The summed E-state index contributed by atoms with van der Waals surface area (Å²) in [7, 11) is -3.57. The molecule has 1 aliphatic heterocycles. The summed E-state index contributed by atoms with van der Waals surface area (Å²) in [6.45, 7) is 0.933. The molecule has 10 heteroatoms. The first-order valence-electron chi connectivity index (χ1n) is 10.2. The zero-order valence-electron chi connectivity index (χ0n) is 16.9. The number of carbonyl (C=O) groups is 1. The van der Waals surface area contributed by atoms with E-state index in [-0.39, 0.29) is 16.8 Å². The zero-order valence-corrected chi connectivity index (χ0v) is 17.7. The van der Waals surface area contributed by atoms with E-state index in [2.05, 4.69) is 20.2 Å². The molecule has 2 aromatic carbocycles. The number of tetrazole rings is 1. The molecule has 162 valence electrons. The van der Waals surface area contributed by atoms with E-state index in [0.717, 1.165) is 5.56 Å². The molecule has 1 atom stereocenters. The summed E-state index contributed by atoms with van der Waals surface area (Å²) in [5.41, 5.74) is 1.02. The van der Waals surface area contributed by atoms with E-state index in [1.54, 1.807) is 35.2 Å². The monoisotopic (exact) mass is 440 g/mol. The first-order valence-corrected chi connectivity index (χ1v) is 11.6. The third-order valence-corrected chi connectivity index (χ3v) is 6.96. The van der Waals surface area contributed by atoms with Crippen molar-refractivity contribution in [1.29, 1.82) is 0 Å². The van der Waals surface area contributed by atoms with E-state index < -0.39 is 16.1 Å². The number of likely N-dealkylation sites (tertiary alicyclic amines) is 1. The Hall–Kier alpha value is -3.11. The fourth-order valence-corrected chi connectivity index (χ4v) is 5.08. The van der Waals surface area contributed by atoms with Crippen molar-refractivity contribution in [3.05, 3.63) is 72.6 Å². The van der Waals surface area contributed by atoms with E-state index in [1.807, 2.05) is 30.3 Å². The van der Waals surface area contributed by atoms with Gasteiger partial charge < -0.3 is 4.90 Å². The van der Waals surface area contributed by atoms with Gasteiger partial charge in [-0.05, 0) is 41.0 Å². The van der Waals surface area contributed by atoms with Crippen molar-refractivity contribution < 1.29 is 13.2 Å². The van der Waals surface area contributed by atoms with Crippen LogP contribution < -0.4 is 4.72 Å². The molecule has 1 fully saturated rings. The summed E-state index contributed by atoms with van der Waals surface area (Å²) < 4.78 is 29.4. The molecule has 0 aliphatic carbocycles. The highest BCUT2D eigenvalue weighted by molar-refractivity contribution is 7.89. The number of hydrogen-bond donors (Lipinski definition) is 1. The second-order valence-corrected chi connectivity index (χ2v) is 9.24. The van der Waals surface area contributed by atoms with Gasteiger partial charge in [-0.2, -0.15) is 0 Å². The number of carbonyl (C=O) groups excluding carboxylic acids is 1. The van der Waals surface area contributed by atoms with Crippen molar-refractivity contribution in [1.82, 2.24) is 29.8 Å². The zero-order chi connectivity index (χ0) is 21.7. The number of rotatable bonds is 7. The lowest BCUT2D eigenvalue weighted by Gasteiger charge is -2.34. The molecule has 0 spiro atoms. The van der Waals surface area contributed by atoms with Crippen molar-refractivity contribution >= 4 is 15.9 Å². The van der Waals surface area contributed by atoms with Crippen LogP contribution in [0.1, 0.15) is 24.4 Å². The van der Waals surface area contributed by atoms with E-state index in [9.17, 15) is 13.2 Å². The predicted octanol–water partition coefficient (Wildman–Crippen LogP) is 1.43.